The predicted molar refractivity (Wildman–Crippen MR) is 133 cm³/mol. The Kier molecular flexibility index (Phi) is 6.70. The van der Waals surface area contributed by atoms with Crippen LogP contribution in [0.4, 0.5) is 15.8 Å². The summed E-state index contributed by atoms with van der Waals surface area (Å²) in [6.45, 7) is 3.21. The fourth-order valence-electron chi connectivity index (χ4n) is 3.28. The van der Waals surface area contributed by atoms with Crippen molar-refractivity contribution in [1.29, 1.82) is 0 Å². The lowest BCUT2D eigenvalue weighted by molar-refractivity contribution is -0.116. The zero-order chi connectivity index (χ0) is 24.6. The highest BCUT2D eigenvalue weighted by Crippen LogP contribution is 2.28. The van der Waals surface area contributed by atoms with Crippen LogP contribution in [0.2, 0.25) is 10.0 Å². The van der Waals surface area contributed by atoms with Crippen molar-refractivity contribution in [2.45, 2.75) is 20.4 Å². The minimum absolute atomic E-state index is 0.124. The Morgan fingerprint density at radius 2 is 1.74 bits per heavy atom. The molecule has 0 bridgehead atoms. The van der Waals surface area contributed by atoms with Gasteiger partial charge in [-0.05, 0) is 55.3 Å². The van der Waals surface area contributed by atoms with Crippen molar-refractivity contribution in [3.05, 3.63) is 84.9 Å². The van der Waals surface area contributed by atoms with Crippen molar-refractivity contribution in [2.75, 3.05) is 10.6 Å². The number of anilines is 2. The van der Waals surface area contributed by atoms with Gasteiger partial charge in [-0.25, -0.2) is 9.37 Å². The maximum atomic E-state index is 13.4. The molecule has 2 aromatic heterocycles. The largest absolute Gasteiger partial charge is 0.324 e. The molecule has 0 atom stereocenters. The summed E-state index contributed by atoms with van der Waals surface area (Å²) in [4.78, 5) is 43.2. The van der Waals surface area contributed by atoms with Crippen molar-refractivity contribution in [1.82, 2.24) is 9.55 Å². The van der Waals surface area contributed by atoms with E-state index in [-0.39, 0.29) is 21.8 Å². The molecule has 7 nitrogen and oxygen atoms in total. The van der Waals surface area contributed by atoms with E-state index >= 15 is 0 Å². The summed E-state index contributed by atoms with van der Waals surface area (Å²) in [5, 5.41) is 5.98. The van der Waals surface area contributed by atoms with Crippen LogP contribution in [0, 0.1) is 19.7 Å². The number of aromatic nitrogens is 2. The minimum atomic E-state index is -0.600. The number of halogens is 3. The number of nitrogens with one attached hydrogen (secondary N) is 2. The van der Waals surface area contributed by atoms with E-state index < -0.39 is 23.2 Å². The number of benzene rings is 2. The molecule has 2 heterocycles. The van der Waals surface area contributed by atoms with Gasteiger partial charge in [-0.15, -0.1) is 11.3 Å². The van der Waals surface area contributed by atoms with Gasteiger partial charge in [-0.1, -0.05) is 29.3 Å². The van der Waals surface area contributed by atoms with Crippen LogP contribution >= 0.6 is 34.5 Å². The van der Waals surface area contributed by atoms with Crippen molar-refractivity contribution in [3.63, 3.8) is 0 Å². The predicted octanol–water partition coefficient (Wildman–Crippen LogP) is 5.41. The number of aryl methyl sites for hydroxylation is 2. The monoisotopic (exact) mass is 518 g/mol. The van der Waals surface area contributed by atoms with Gasteiger partial charge in [0.1, 0.15) is 17.2 Å². The van der Waals surface area contributed by atoms with Crippen molar-refractivity contribution < 1.29 is 14.0 Å². The van der Waals surface area contributed by atoms with E-state index in [2.05, 4.69) is 15.6 Å². The molecule has 0 radical (unpaired) electrons. The number of hydrogen-bond acceptors (Lipinski definition) is 5. The molecule has 2 amide bonds. The maximum Gasteiger partial charge on any atom is 0.266 e. The lowest BCUT2D eigenvalue weighted by Gasteiger charge is -2.08. The van der Waals surface area contributed by atoms with Gasteiger partial charge in [0.05, 0.1) is 21.6 Å². The number of carbonyl (C=O) groups is 2. The van der Waals surface area contributed by atoms with E-state index in [0.29, 0.717) is 26.8 Å². The number of amides is 2. The summed E-state index contributed by atoms with van der Waals surface area (Å²) >= 11 is 12.9. The topological polar surface area (TPSA) is 93.1 Å². The van der Waals surface area contributed by atoms with Gasteiger partial charge in [0.15, 0.2) is 0 Å². The molecule has 174 valence electrons. The Labute approximate surface area is 207 Å². The van der Waals surface area contributed by atoms with E-state index in [1.54, 1.807) is 25.1 Å². The molecule has 4 rings (SSSR count). The van der Waals surface area contributed by atoms with Crippen LogP contribution in [0.1, 0.15) is 20.8 Å². The first-order valence-electron chi connectivity index (χ1n) is 9.95. The number of rotatable bonds is 5. The van der Waals surface area contributed by atoms with Crippen molar-refractivity contribution in [2.24, 2.45) is 0 Å². The van der Waals surface area contributed by atoms with E-state index in [1.807, 2.05) is 6.92 Å². The number of nitrogens with zero attached hydrogens (tertiary/aromatic N) is 2. The molecule has 0 saturated carbocycles. The van der Waals surface area contributed by atoms with Crippen LogP contribution < -0.4 is 16.2 Å². The molecule has 0 saturated heterocycles. The van der Waals surface area contributed by atoms with Crippen LogP contribution in [0.15, 0.2) is 47.5 Å². The van der Waals surface area contributed by atoms with Gasteiger partial charge in [-0.3, -0.25) is 19.0 Å². The minimum Gasteiger partial charge on any atom is -0.324 e. The van der Waals surface area contributed by atoms with Gasteiger partial charge < -0.3 is 10.6 Å². The SMILES string of the molecule is Cc1ccc(NC(=O)Cn2cnc3sc(C(=O)Nc4ccc(F)c(Cl)c4)c(C)c3c2=O)cc1Cl. The summed E-state index contributed by atoms with van der Waals surface area (Å²) in [6.07, 6.45) is 1.27. The molecule has 0 aliphatic rings. The average molecular weight is 519 g/mol. The first-order chi connectivity index (χ1) is 16.1. The second-order valence-electron chi connectivity index (χ2n) is 7.51. The fraction of sp³-hybridized carbons (Fsp3) is 0.130. The summed E-state index contributed by atoms with van der Waals surface area (Å²) in [7, 11) is 0. The van der Waals surface area contributed by atoms with Gasteiger partial charge in [0.2, 0.25) is 5.91 Å². The van der Waals surface area contributed by atoms with Crippen LogP contribution in [-0.4, -0.2) is 21.4 Å². The third-order valence-electron chi connectivity index (χ3n) is 5.07. The second-order valence-corrected chi connectivity index (χ2v) is 9.32. The Bertz CT molecular complexity index is 1520. The van der Waals surface area contributed by atoms with Crippen LogP contribution in [0.3, 0.4) is 0 Å². The smallest absolute Gasteiger partial charge is 0.266 e. The highest BCUT2D eigenvalue weighted by Gasteiger charge is 2.20. The molecular weight excluding hydrogens is 502 g/mol. The number of fused-ring (bicyclic) bond motifs is 1. The Balaban J connectivity index is 1.57. The lowest BCUT2D eigenvalue weighted by Crippen LogP contribution is -2.28. The summed E-state index contributed by atoms with van der Waals surface area (Å²) in [6, 6.07) is 8.94. The highest BCUT2D eigenvalue weighted by molar-refractivity contribution is 7.20. The fourth-order valence-corrected chi connectivity index (χ4v) is 4.67. The summed E-state index contributed by atoms with van der Waals surface area (Å²) in [5.74, 6) is -1.51. The second kappa shape index (κ2) is 9.54. The standard InChI is InChI=1S/C23H17Cl2FN4O3S/c1-11-3-4-13(7-15(11)24)28-18(31)9-30-10-27-22-19(23(30)33)12(2)20(34-22)21(32)29-14-5-6-17(26)16(25)8-14/h3-8,10H,9H2,1-2H3,(H,28,31)(H,29,32). The molecule has 0 unspecified atom stereocenters. The van der Waals surface area contributed by atoms with Gasteiger partial charge >= 0.3 is 0 Å². The molecule has 2 N–H and O–H groups in total. The summed E-state index contributed by atoms with van der Waals surface area (Å²) < 4.78 is 14.5. The first-order valence-corrected chi connectivity index (χ1v) is 11.5. The van der Waals surface area contributed by atoms with Gasteiger partial charge in [0.25, 0.3) is 11.5 Å². The van der Waals surface area contributed by atoms with E-state index in [9.17, 15) is 18.8 Å². The number of thiophene rings is 1. The van der Waals surface area contributed by atoms with Gasteiger partial charge in [-0.2, -0.15) is 0 Å². The maximum absolute atomic E-state index is 13.4. The summed E-state index contributed by atoms with van der Waals surface area (Å²) in [5.41, 5.74) is 1.68. The van der Waals surface area contributed by atoms with Gasteiger partial charge in [0, 0.05) is 16.4 Å². The van der Waals surface area contributed by atoms with E-state index in [1.165, 1.54) is 23.0 Å². The zero-order valence-corrected chi connectivity index (χ0v) is 20.2. The quantitative estimate of drug-likeness (QED) is 0.369. The Hall–Kier alpha value is -3.27. The molecule has 0 spiro atoms. The molecule has 0 aliphatic carbocycles. The van der Waals surface area contributed by atoms with Crippen molar-refractivity contribution in [3.8, 4) is 0 Å². The molecule has 11 heteroatoms. The van der Waals surface area contributed by atoms with Crippen LogP contribution in [0.25, 0.3) is 10.2 Å². The van der Waals surface area contributed by atoms with Crippen molar-refractivity contribution >= 4 is 67.9 Å². The van der Waals surface area contributed by atoms with Crippen LogP contribution in [-0.2, 0) is 11.3 Å². The lowest BCUT2D eigenvalue weighted by atomic mass is 10.2. The van der Waals surface area contributed by atoms with E-state index in [4.69, 9.17) is 23.2 Å². The molecule has 2 aromatic carbocycles. The first kappa shape index (κ1) is 23.9. The molecular formula is C23H17Cl2FN4O3S. The van der Waals surface area contributed by atoms with E-state index in [0.717, 1.165) is 23.0 Å². The highest BCUT2D eigenvalue weighted by atomic mass is 35.5. The molecule has 0 aliphatic heterocycles. The molecule has 0 fully saturated rings. The van der Waals surface area contributed by atoms with Crippen LogP contribution in [0.5, 0.6) is 0 Å². The average Bonchev–Trinajstić information content (AvgIpc) is 3.12. The number of hydrogen-bond donors (Lipinski definition) is 2. The molecule has 4 aromatic rings. The number of carbonyl (C=O) groups excluding carboxylic acids is 2. The third kappa shape index (κ3) is 4.82. The zero-order valence-electron chi connectivity index (χ0n) is 17.9. The normalized spacial score (nSPS) is 11.0. The third-order valence-corrected chi connectivity index (χ3v) is 6.97. The Morgan fingerprint density at radius 3 is 2.44 bits per heavy atom. The Morgan fingerprint density at radius 1 is 1.06 bits per heavy atom. The molecule has 34 heavy (non-hydrogen) atoms.